The summed E-state index contributed by atoms with van der Waals surface area (Å²) in [4.78, 5) is 20.1. The molecule has 0 spiro atoms. The quantitative estimate of drug-likeness (QED) is 0.345. The van der Waals surface area contributed by atoms with Crippen LogP contribution in [0.2, 0.25) is 0 Å². The summed E-state index contributed by atoms with van der Waals surface area (Å²) in [6.07, 6.45) is 13.9. The first kappa shape index (κ1) is 21.3. The van der Waals surface area contributed by atoms with E-state index in [-0.39, 0.29) is 6.10 Å². The Morgan fingerprint density at radius 3 is 2.54 bits per heavy atom. The van der Waals surface area contributed by atoms with Gasteiger partial charge in [-0.15, -0.1) is 0 Å². The monoisotopic (exact) mass is 466 g/mol. The fourth-order valence-corrected chi connectivity index (χ4v) is 4.49. The van der Waals surface area contributed by atoms with E-state index in [1.165, 1.54) is 0 Å². The molecule has 0 aliphatic carbocycles. The number of aryl methyl sites for hydroxylation is 1. The molecule has 5 aromatic rings. The third-order valence-electron chi connectivity index (χ3n) is 6.46. The Bertz CT molecular complexity index is 1400. The summed E-state index contributed by atoms with van der Waals surface area (Å²) in [7, 11) is 0. The second-order valence-corrected chi connectivity index (χ2v) is 8.70. The molecule has 6 rings (SSSR count). The molecule has 1 aromatic carbocycles. The van der Waals surface area contributed by atoms with Gasteiger partial charge in [0.05, 0.1) is 17.9 Å². The minimum atomic E-state index is 0.162. The lowest BCUT2D eigenvalue weighted by Crippen LogP contribution is -2.39. The summed E-state index contributed by atoms with van der Waals surface area (Å²) in [6.45, 7) is 3.87. The highest BCUT2D eigenvalue weighted by Gasteiger charge is 2.22. The number of hydrogen-bond acceptors (Lipinski definition) is 7. The van der Waals surface area contributed by atoms with E-state index < -0.39 is 0 Å². The van der Waals surface area contributed by atoms with Crippen molar-refractivity contribution in [2.24, 2.45) is 0 Å². The molecular formula is C27H26N6O2. The number of piperidine rings is 1. The molecule has 1 saturated heterocycles. The molecule has 1 aliphatic rings. The number of rotatable bonds is 6. The molecule has 0 saturated carbocycles. The van der Waals surface area contributed by atoms with Gasteiger partial charge in [-0.1, -0.05) is 6.92 Å². The summed E-state index contributed by atoms with van der Waals surface area (Å²) >= 11 is 0. The molecule has 8 heteroatoms. The largest absolute Gasteiger partial charge is 0.489 e. The fraction of sp³-hybridized carbons (Fsp3) is 0.259. The van der Waals surface area contributed by atoms with Crippen LogP contribution >= 0.6 is 0 Å². The smallest absolute Gasteiger partial charge is 0.225 e. The zero-order chi connectivity index (χ0) is 23.6. The van der Waals surface area contributed by atoms with Crippen LogP contribution in [0.25, 0.3) is 28.2 Å². The predicted octanol–water partition coefficient (Wildman–Crippen LogP) is 5.08. The van der Waals surface area contributed by atoms with Gasteiger partial charge >= 0.3 is 0 Å². The summed E-state index contributed by atoms with van der Waals surface area (Å²) in [6, 6.07) is 12.2. The first-order valence-corrected chi connectivity index (χ1v) is 12.0. The molecule has 1 fully saturated rings. The van der Waals surface area contributed by atoms with Crippen molar-refractivity contribution in [1.82, 2.24) is 24.5 Å². The Morgan fingerprint density at radius 2 is 1.83 bits per heavy atom. The molecule has 0 bridgehead atoms. The third kappa shape index (κ3) is 4.35. The van der Waals surface area contributed by atoms with E-state index in [1.807, 2.05) is 36.8 Å². The molecule has 0 amide bonds. The zero-order valence-electron chi connectivity index (χ0n) is 19.5. The molecule has 1 aliphatic heterocycles. The zero-order valence-corrected chi connectivity index (χ0v) is 19.5. The Kier molecular flexibility index (Phi) is 5.62. The normalized spacial score (nSPS) is 14.5. The van der Waals surface area contributed by atoms with Gasteiger partial charge in [0, 0.05) is 55.5 Å². The van der Waals surface area contributed by atoms with E-state index >= 15 is 0 Å². The minimum Gasteiger partial charge on any atom is -0.489 e. The van der Waals surface area contributed by atoms with Crippen LogP contribution in [0.15, 0.2) is 78.1 Å². The van der Waals surface area contributed by atoms with Gasteiger partial charge in [0.1, 0.15) is 23.9 Å². The molecule has 8 nitrogen and oxygen atoms in total. The highest BCUT2D eigenvalue weighted by atomic mass is 16.5. The molecule has 0 unspecified atom stereocenters. The predicted molar refractivity (Wildman–Crippen MR) is 134 cm³/mol. The summed E-state index contributed by atoms with van der Waals surface area (Å²) in [5.41, 5.74) is 3.18. The number of hydrogen-bond donors (Lipinski definition) is 0. The summed E-state index contributed by atoms with van der Waals surface area (Å²) in [5.74, 6) is 3.06. The van der Waals surface area contributed by atoms with Gasteiger partial charge < -0.3 is 18.6 Å². The van der Waals surface area contributed by atoms with Gasteiger partial charge in [0.2, 0.25) is 11.8 Å². The van der Waals surface area contributed by atoms with Crippen LogP contribution in [-0.2, 0) is 6.42 Å². The molecular weight excluding hydrogens is 440 g/mol. The molecule has 4 aromatic heterocycles. The van der Waals surface area contributed by atoms with Crippen LogP contribution in [0, 0.1) is 0 Å². The van der Waals surface area contributed by atoms with Crippen LogP contribution < -0.4 is 9.64 Å². The maximum absolute atomic E-state index is 6.24. The fourth-order valence-electron chi connectivity index (χ4n) is 4.49. The van der Waals surface area contributed by atoms with E-state index in [1.54, 1.807) is 18.7 Å². The number of benzene rings is 1. The van der Waals surface area contributed by atoms with Crippen LogP contribution in [0.3, 0.4) is 0 Å². The molecule has 5 heterocycles. The van der Waals surface area contributed by atoms with Crippen molar-refractivity contribution < 1.29 is 9.15 Å². The minimum absolute atomic E-state index is 0.162. The van der Waals surface area contributed by atoms with E-state index in [4.69, 9.17) is 9.15 Å². The summed E-state index contributed by atoms with van der Waals surface area (Å²) in [5, 5.41) is 1.10. The van der Waals surface area contributed by atoms with Crippen molar-refractivity contribution in [2.75, 3.05) is 18.0 Å². The number of oxazole rings is 1. The Labute approximate surface area is 203 Å². The molecule has 0 radical (unpaired) electrons. The maximum Gasteiger partial charge on any atom is 0.225 e. The average molecular weight is 467 g/mol. The lowest BCUT2D eigenvalue weighted by molar-refractivity contribution is 0.170. The van der Waals surface area contributed by atoms with Crippen molar-refractivity contribution in [3.8, 4) is 23.0 Å². The Balaban J connectivity index is 1.10. The van der Waals surface area contributed by atoms with Gasteiger partial charge in [0.15, 0.2) is 0 Å². The van der Waals surface area contributed by atoms with Crippen molar-refractivity contribution >= 4 is 16.9 Å². The van der Waals surface area contributed by atoms with Gasteiger partial charge in [-0.3, -0.25) is 0 Å². The van der Waals surface area contributed by atoms with Crippen LogP contribution in [0.5, 0.6) is 5.75 Å². The van der Waals surface area contributed by atoms with E-state index in [0.29, 0.717) is 5.89 Å². The number of ether oxygens (including phenoxy) is 1. The van der Waals surface area contributed by atoms with Gasteiger partial charge in [-0.25, -0.2) is 19.9 Å². The van der Waals surface area contributed by atoms with Crippen LogP contribution in [0.4, 0.5) is 5.95 Å². The van der Waals surface area contributed by atoms with Crippen molar-refractivity contribution in [2.45, 2.75) is 32.3 Å². The van der Waals surface area contributed by atoms with Crippen LogP contribution in [-0.4, -0.2) is 43.7 Å². The number of nitrogens with zero attached hydrogens (tertiary/aromatic N) is 6. The summed E-state index contributed by atoms with van der Waals surface area (Å²) < 4.78 is 13.7. The number of aromatic nitrogens is 5. The van der Waals surface area contributed by atoms with Crippen molar-refractivity contribution in [1.29, 1.82) is 0 Å². The Morgan fingerprint density at radius 1 is 0.971 bits per heavy atom. The van der Waals surface area contributed by atoms with Crippen molar-refractivity contribution in [3.63, 3.8) is 0 Å². The lowest BCUT2D eigenvalue weighted by Gasteiger charge is -2.32. The standard InChI is InChI=1S/C27H26N6O2/c1-2-19-16-30-27(31-17-19)32-11-8-22(9-12-32)35-23-4-6-25(29-18-23)33-13-7-20-15-21(3-5-24(20)33)26-28-10-14-34-26/h3-7,10,13-18,22H,2,8-9,11-12H2,1H3. The topological polar surface area (TPSA) is 82.1 Å². The maximum atomic E-state index is 6.24. The first-order valence-electron chi connectivity index (χ1n) is 12.0. The van der Waals surface area contributed by atoms with Crippen molar-refractivity contribution in [3.05, 3.63) is 79.2 Å². The highest BCUT2D eigenvalue weighted by Crippen LogP contribution is 2.27. The first-order chi connectivity index (χ1) is 17.3. The van der Waals surface area contributed by atoms with E-state index in [2.05, 4.69) is 54.5 Å². The molecule has 35 heavy (non-hydrogen) atoms. The number of fused-ring (bicyclic) bond motifs is 1. The SMILES string of the molecule is CCc1cnc(N2CCC(Oc3ccc(-n4ccc5cc(-c6ncco6)ccc54)nc3)CC2)nc1. The number of pyridine rings is 1. The van der Waals surface area contributed by atoms with Gasteiger partial charge in [0.25, 0.3) is 0 Å². The molecule has 176 valence electrons. The second-order valence-electron chi connectivity index (χ2n) is 8.70. The third-order valence-corrected chi connectivity index (χ3v) is 6.46. The average Bonchev–Trinajstić information content (AvgIpc) is 3.60. The van der Waals surface area contributed by atoms with Gasteiger partial charge in [-0.2, -0.15) is 0 Å². The second kappa shape index (κ2) is 9.21. The van der Waals surface area contributed by atoms with Gasteiger partial charge in [-0.05, 0) is 48.4 Å². The lowest BCUT2D eigenvalue weighted by atomic mass is 10.1. The number of anilines is 1. The Hall–Kier alpha value is -4.20. The van der Waals surface area contributed by atoms with E-state index in [9.17, 15) is 0 Å². The van der Waals surface area contributed by atoms with E-state index in [0.717, 1.165) is 71.9 Å². The highest BCUT2D eigenvalue weighted by molar-refractivity contribution is 5.85. The molecule has 0 N–H and O–H groups in total. The van der Waals surface area contributed by atoms with Crippen LogP contribution in [0.1, 0.15) is 25.3 Å². The molecule has 0 atom stereocenters.